The fourth-order valence-corrected chi connectivity index (χ4v) is 2.14. The van der Waals surface area contributed by atoms with Gasteiger partial charge >= 0.3 is 5.97 Å². The molecule has 1 rings (SSSR count). The monoisotopic (exact) mass is 258 g/mol. The van der Waals surface area contributed by atoms with Crippen LogP contribution in [0.4, 0.5) is 0 Å². The third-order valence-electron chi connectivity index (χ3n) is 3.39. The Morgan fingerprint density at radius 3 is 2.94 bits per heavy atom. The van der Waals surface area contributed by atoms with Crippen LogP contribution in [-0.2, 0) is 14.3 Å². The molecule has 0 saturated carbocycles. The van der Waals surface area contributed by atoms with Gasteiger partial charge in [0.1, 0.15) is 5.54 Å². The lowest BCUT2D eigenvalue weighted by molar-refractivity contribution is -0.149. The van der Waals surface area contributed by atoms with E-state index in [2.05, 4.69) is 11.8 Å². The Hall–Kier alpha value is -0.650. The second kappa shape index (κ2) is 7.07. The van der Waals surface area contributed by atoms with Crippen LogP contribution in [-0.4, -0.2) is 55.4 Å². The van der Waals surface area contributed by atoms with E-state index in [1.54, 1.807) is 13.8 Å². The van der Waals surface area contributed by atoms with Crippen molar-refractivity contribution >= 4 is 5.97 Å². The van der Waals surface area contributed by atoms with Gasteiger partial charge in [-0.2, -0.15) is 0 Å². The van der Waals surface area contributed by atoms with E-state index in [9.17, 15) is 4.79 Å². The zero-order chi connectivity index (χ0) is 13.6. The molecular formula is C13H26N2O3. The van der Waals surface area contributed by atoms with Crippen molar-refractivity contribution in [2.75, 3.05) is 32.9 Å². The zero-order valence-electron chi connectivity index (χ0n) is 11.8. The summed E-state index contributed by atoms with van der Waals surface area (Å²) in [5.74, 6) is -0.306. The molecule has 2 atom stereocenters. The van der Waals surface area contributed by atoms with E-state index in [4.69, 9.17) is 15.2 Å². The van der Waals surface area contributed by atoms with E-state index in [1.165, 1.54) is 0 Å². The minimum atomic E-state index is -0.870. The molecule has 0 amide bonds. The van der Waals surface area contributed by atoms with E-state index < -0.39 is 5.54 Å². The molecular weight excluding hydrogens is 232 g/mol. The summed E-state index contributed by atoms with van der Waals surface area (Å²) in [4.78, 5) is 14.0. The number of rotatable bonds is 6. The van der Waals surface area contributed by atoms with Crippen LogP contribution >= 0.6 is 0 Å². The highest BCUT2D eigenvalue weighted by Gasteiger charge is 2.29. The Labute approximate surface area is 110 Å². The summed E-state index contributed by atoms with van der Waals surface area (Å²) in [6.07, 6.45) is 1.55. The van der Waals surface area contributed by atoms with Crippen molar-refractivity contribution in [3.05, 3.63) is 0 Å². The van der Waals surface area contributed by atoms with Gasteiger partial charge < -0.3 is 15.2 Å². The van der Waals surface area contributed by atoms with Crippen molar-refractivity contribution in [2.24, 2.45) is 5.73 Å². The van der Waals surface area contributed by atoms with E-state index >= 15 is 0 Å². The molecule has 0 aromatic carbocycles. The Morgan fingerprint density at radius 2 is 2.33 bits per heavy atom. The number of morpholine rings is 1. The van der Waals surface area contributed by atoms with Gasteiger partial charge in [-0.15, -0.1) is 0 Å². The second-order valence-corrected chi connectivity index (χ2v) is 5.20. The van der Waals surface area contributed by atoms with Crippen LogP contribution in [0.2, 0.25) is 0 Å². The maximum atomic E-state index is 11.6. The quantitative estimate of drug-likeness (QED) is 0.713. The van der Waals surface area contributed by atoms with Gasteiger partial charge in [0.25, 0.3) is 0 Å². The third kappa shape index (κ3) is 4.55. The summed E-state index contributed by atoms with van der Waals surface area (Å²) in [6.45, 7) is 9.58. The van der Waals surface area contributed by atoms with Crippen molar-refractivity contribution < 1.29 is 14.3 Å². The minimum absolute atomic E-state index is 0.306. The minimum Gasteiger partial charge on any atom is -0.465 e. The van der Waals surface area contributed by atoms with E-state index in [-0.39, 0.29) is 5.97 Å². The molecule has 106 valence electrons. The maximum Gasteiger partial charge on any atom is 0.325 e. The highest BCUT2D eigenvalue weighted by atomic mass is 16.5. The first-order valence-corrected chi connectivity index (χ1v) is 6.75. The molecule has 0 bridgehead atoms. The van der Waals surface area contributed by atoms with Gasteiger partial charge in [-0.05, 0) is 40.2 Å². The van der Waals surface area contributed by atoms with Crippen LogP contribution in [0, 0.1) is 0 Å². The predicted molar refractivity (Wildman–Crippen MR) is 70.3 cm³/mol. The lowest BCUT2D eigenvalue weighted by Gasteiger charge is -2.33. The smallest absolute Gasteiger partial charge is 0.325 e. The summed E-state index contributed by atoms with van der Waals surface area (Å²) in [5, 5.41) is 0. The molecule has 1 fully saturated rings. The first-order chi connectivity index (χ1) is 8.47. The fourth-order valence-electron chi connectivity index (χ4n) is 2.14. The van der Waals surface area contributed by atoms with Crippen molar-refractivity contribution in [3.8, 4) is 0 Å². The van der Waals surface area contributed by atoms with Gasteiger partial charge in [-0.25, -0.2) is 0 Å². The zero-order valence-corrected chi connectivity index (χ0v) is 11.8. The lowest BCUT2D eigenvalue weighted by atomic mass is 9.97. The van der Waals surface area contributed by atoms with Gasteiger partial charge in [0.05, 0.1) is 19.8 Å². The molecule has 0 aromatic heterocycles. The van der Waals surface area contributed by atoms with Crippen LogP contribution in [0.1, 0.15) is 33.6 Å². The average Bonchev–Trinajstić information content (AvgIpc) is 2.32. The number of nitrogens with two attached hydrogens (primary N) is 1. The molecule has 1 saturated heterocycles. The van der Waals surface area contributed by atoms with Crippen molar-refractivity contribution in [2.45, 2.75) is 45.2 Å². The molecule has 1 heterocycles. The van der Waals surface area contributed by atoms with Crippen LogP contribution in [0.3, 0.4) is 0 Å². The summed E-state index contributed by atoms with van der Waals surface area (Å²) in [5.41, 5.74) is 5.11. The van der Waals surface area contributed by atoms with E-state index in [1.807, 2.05) is 0 Å². The molecule has 1 aliphatic heterocycles. The van der Waals surface area contributed by atoms with E-state index in [0.717, 1.165) is 32.7 Å². The standard InChI is InChI=1S/C13H26N2O3/c1-4-18-12(16)13(3,14)6-5-7-15-8-9-17-10-11(15)2/h11H,4-10,14H2,1-3H3. The van der Waals surface area contributed by atoms with Gasteiger partial charge in [-0.3, -0.25) is 9.69 Å². The van der Waals surface area contributed by atoms with Gasteiger partial charge in [0, 0.05) is 12.6 Å². The fraction of sp³-hybridized carbons (Fsp3) is 0.923. The van der Waals surface area contributed by atoms with Crippen molar-refractivity contribution in [3.63, 3.8) is 0 Å². The molecule has 18 heavy (non-hydrogen) atoms. The largest absolute Gasteiger partial charge is 0.465 e. The Morgan fingerprint density at radius 1 is 1.61 bits per heavy atom. The van der Waals surface area contributed by atoms with E-state index in [0.29, 0.717) is 19.1 Å². The number of ether oxygens (including phenoxy) is 2. The Bertz CT molecular complexity index is 269. The highest BCUT2D eigenvalue weighted by molar-refractivity contribution is 5.79. The van der Waals surface area contributed by atoms with Crippen molar-refractivity contribution in [1.82, 2.24) is 4.90 Å². The first kappa shape index (κ1) is 15.4. The molecule has 0 aromatic rings. The molecule has 0 radical (unpaired) electrons. The number of nitrogens with zero attached hydrogens (tertiary/aromatic N) is 1. The first-order valence-electron chi connectivity index (χ1n) is 6.75. The summed E-state index contributed by atoms with van der Waals surface area (Å²) < 4.78 is 10.4. The van der Waals surface area contributed by atoms with Crippen LogP contribution in [0.5, 0.6) is 0 Å². The SMILES string of the molecule is CCOC(=O)C(C)(N)CCCN1CCOCC1C. The number of carbonyl (C=O) groups is 1. The van der Waals surface area contributed by atoms with Crippen LogP contribution < -0.4 is 5.73 Å². The molecule has 5 heteroatoms. The van der Waals surface area contributed by atoms with Gasteiger partial charge in [-0.1, -0.05) is 0 Å². The number of carbonyl (C=O) groups excluding carboxylic acids is 1. The third-order valence-corrected chi connectivity index (χ3v) is 3.39. The Kier molecular flexibility index (Phi) is 6.05. The molecule has 0 aliphatic carbocycles. The van der Waals surface area contributed by atoms with Crippen LogP contribution in [0.25, 0.3) is 0 Å². The lowest BCUT2D eigenvalue weighted by Crippen LogP contribution is -2.48. The number of esters is 1. The maximum absolute atomic E-state index is 11.6. The summed E-state index contributed by atoms with van der Waals surface area (Å²) >= 11 is 0. The molecule has 2 unspecified atom stereocenters. The highest BCUT2D eigenvalue weighted by Crippen LogP contribution is 2.14. The number of hydrogen-bond acceptors (Lipinski definition) is 5. The normalized spacial score (nSPS) is 24.6. The Balaban J connectivity index is 2.29. The average molecular weight is 258 g/mol. The van der Waals surface area contributed by atoms with Gasteiger partial charge in [0.2, 0.25) is 0 Å². The molecule has 0 spiro atoms. The summed E-state index contributed by atoms with van der Waals surface area (Å²) in [7, 11) is 0. The van der Waals surface area contributed by atoms with Crippen molar-refractivity contribution in [1.29, 1.82) is 0 Å². The second-order valence-electron chi connectivity index (χ2n) is 5.20. The number of hydrogen-bond donors (Lipinski definition) is 1. The molecule has 2 N–H and O–H groups in total. The van der Waals surface area contributed by atoms with Crippen LogP contribution in [0.15, 0.2) is 0 Å². The molecule has 1 aliphatic rings. The topological polar surface area (TPSA) is 64.8 Å². The summed E-state index contributed by atoms with van der Waals surface area (Å²) in [6, 6.07) is 0.449. The molecule has 5 nitrogen and oxygen atoms in total. The van der Waals surface area contributed by atoms with Gasteiger partial charge in [0.15, 0.2) is 0 Å². The predicted octanol–water partition coefficient (Wildman–Crippen LogP) is 0.768.